The molecule has 0 aromatic carbocycles. The lowest BCUT2D eigenvalue weighted by molar-refractivity contribution is 0.175. The topological polar surface area (TPSA) is 0 Å². The minimum Gasteiger partial charge on any atom is -0.0625 e. The van der Waals surface area contributed by atoms with E-state index in [2.05, 4.69) is 27.7 Å². The van der Waals surface area contributed by atoms with Gasteiger partial charge in [-0.2, -0.15) is 0 Å². The first-order chi connectivity index (χ1) is 6.11. The highest BCUT2D eigenvalue weighted by Gasteiger charge is 2.51. The lowest BCUT2D eigenvalue weighted by Crippen LogP contribution is -2.24. The van der Waals surface area contributed by atoms with Gasteiger partial charge in [-0.15, -0.1) is 0 Å². The van der Waals surface area contributed by atoms with Crippen molar-refractivity contribution in [3.63, 3.8) is 0 Å². The van der Waals surface area contributed by atoms with Crippen LogP contribution in [-0.4, -0.2) is 0 Å². The molecule has 0 spiro atoms. The molecular weight excluding hydrogens is 156 g/mol. The van der Waals surface area contributed by atoms with E-state index in [1.165, 1.54) is 12.8 Å². The Bertz CT molecular complexity index is 160. The first-order valence-electron chi connectivity index (χ1n) is 6.11. The molecule has 0 heterocycles. The molecule has 0 saturated heterocycles. The van der Waals surface area contributed by atoms with Gasteiger partial charge in [0.05, 0.1) is 0 Å². The van der Waals surface area contributed by atoms with Gasteiger partial charge in [-0.25, -0.2) is 0 Å². The highest BCUT2D eigenvalue weighted by Crippen LogP contribution is 2.59. The smallest absolute Gasteiger partial charge is 0.0349 e. The summed E-state index contributed by atoms with van der Waals surface area (Å²) in [5.74, 6) is 6.26. The molecule has 0 aromatic heterocycles. The molecule has 2 aliphatic carbocycles. The van der Waals surface area contributed by atoms with Crippen LogP contribution in [0.3, 0.4) is 0 Å². The van der Waals surface area contributed by atoms with E-state index in [1.54, 1.807) is 6.42 Å². The van der Waals surface area contributed by atoms with Crippen molar-refractivity contribution in [1.29, 1.82) is 0 Å². The van der Waals surface area contributed by atoms with Crippen LogP contribution in [0.2, 0.25) is 0 Å². The van der Waals surface area contributed by atoms with Crippen molar-refractivity contribution in [1.82, 2.24) is 0 Å². The fourth-order valence-corrected chi connectivity index (χ4v) is 3.69. The summed E-state index contributed by atoms with van der Waals surface area (Å²) in [7, 11) is 0. The summed E-state index contributed by atoms with van der Waals surface area (Å²) in [5, 5.41) is 0. The zero-order chi connectivity index (χ0) is 9.59. The molecule has 0 aliphatic heterocycles. The van der Waals surface area contributed by atoms with E-state index in [1.807, 2.05) is 0 Å². The summed E-state index contributed by atoms with van der Waals surface area (Å²) in [5.41, 5.74) is 0. The van der Waals surface area contributed by atoms with E-state index >= 15 is 0 Å². The molecule has 0 bridgehead atoms. The first-order valence-corrected chi connectivity index (χ1v) is 6.11. The van der Waals surface area contributed by atoms with Crippen molar-refractivity contribution in [3.05, 3.63) is 0 Å². The van der Waals surface area contributed by atoms with Crippen LogP contribution >= 0.6 is 0 Å². The quantitative estimate of drug-likeness (QED) is 0.603. The van der Waals surface area contributed by atoms with Crippen molar-refractivity contribution in [2.24, 2.45) is 35.5 Å². The molecule has 2 rings (SSSR count). The average molecular weight is 180 g/mol. The van der Waals surface area contributed by atoms with Gasteiger partial charge in [0.15, 0.2) is 0 Å². The van der Waals surface area contributed by atoms with Crippen LogP contribution < -0.4 is 0 Å². The van der Waals surface area contributed by atoms with E-state index in [4.69, 9.17) is 0 Å². The summed E-state index contributed by atoms with van der Waals surface area (Å²) >= 11 is 0. The minimum absolute atomic E-state index is 0.933. The average Bonchev–Trinajstić information content (AvgIpc) is 2.79. The minimum atomic E-state index is 0.933. The molecule has 4 atom stereocenters. The normalized spacial score (nSPS) is 43.8. The van der Waals surface area contributed by atoms with Crippen LogP contribution in [-0.2, 0) is 0 Å². The highest BCUT2D eigenvalue weighted by molar-refractivity contribution is 5.00. The Morgan fingerprint density at radius 2 is 1.15 bits per heavy atom. The third-order valence-electron chi connectivity index (χ3n) is 4.54. The molecule has 2 saturated carbocycles. The molecule has 2 fully saturated rings. The van der Waals surface area contributed by atoms with Crippen LogP contribution in [0, 0.1) is 35.5 Å². The molecule has 2 aliphatic rings. The molecule has 0 heteroatoms. The van der Waals surface area contributed by atoms with E-state index in [0.29, 0.717) is 0 Å². The maximum Gasteiger partial charge on any atom is -0.0349 e. The maximum absolute atomic E-state index is 2.41. The molecule has 13 heavy (non-hydrogen) atoms. The zero-order valence-electron chi connectivity index (χ0n) is 9.59. The lowest BCUT2D eigenvalue weighted by Gasteiger charge is -2.32. The predicted octanol–water partition coefficient (Wildman–Crippen LogP) is 3.96. The molecule has 0 nitrogen and oxygen atoms in total. The van der Waals surface area contributed by atoms with Gasteiger partial charge in [-0.05, 0) is 54.8 Å². The third kappa shape index (κ3) is 1.65. The first kappa shape index (κ1) is 9.55. The summed E-state index contributed by atoms with van der Waals surface area (Å²) in [4.78, 5) is 0. The largest absolute Gasteiger partial charge is 0.0625 e. The van der Waals surface area contributed by atoms with Crippen molar-refractivity contribution in [3.8, 4) is 0 Å². The second kappa shape index (κ2) is 3.29. The van der Waals surface area contributed by atoms with Crippen LogP contribution in [0.25, 0.3) is 0 Å². The van der Waals surface area contributed by atoms with Crippen molar-refractivity contribution in [2.45, 2.75) is 47.0 Å². The van der Waals surface area contributed by atoms with Gasteiger partial charge in [-0.3, -0.25) is 0 Å². The van der Waals surface area contributed by atoms with Gasteiger partial charge in [0.1, 0.15) is 0 Å². The monoisotopic (exact) mass is 180 g/mol. The van der Waals surface area contributed by atoms with E-state index in [-0.39, 0.29) is 0 Å². The Morgan fingerprint density at radius 1 is 0.769 bits per heavy atom. The second-order valence-electron chi connectivity index (χ2n) is 5.96. The summed E-state index contributed by atoms with van der Waals surface area (Å²) in [6, 6.07) is 0. The summed E-state index contributed by atoms with van der Waals surface area (Å²) in [6.07, 6.45) is 4.59. The predicted molar refractivity (Wildman–Crippen MR) is 57.5 cm³/mol. The number of hydrogen-bond acceptors (Lipinski definition) is 0. The molecule has 76 valence electrons. The second-order valence-corrected chi connectivity index (χ2v) is 5.96. The van der Waals surface area contributed by atoms with Gasteiger partial charge < -0.3 is 0 Å². The lowest BCUT2D eigenvalue weighted by atomic mass is 9.73. The van der Waals surface area contributed by atoms with Crippen LogP contribution in [0.4, 0.5) is 0 Å². The van der Waals surface area contributed by atoms with Gasteiger partial charge in [-0.1, -0.05) is 27.7 Å². The number of rotatable bonds is 2. The fourth-order valence-electron chi connectivity index (χ4n) is 3.69. The zero-order valence-corrected chi connectivity index (χ0v) is 9.59. The van der Waals surface area contributed by atoms with Crippen molar-refractivity contribution >= 4 is 0 Å². The Hall–Kier alpha value is 0. The van der Waals surface area contributed by atoms with Gasteiger partial charge >= 0.3 is 0 Å². The third-order valence-corrected chi connectivity index (χ3v) is 4.54. The molecule has 0 radical (unpaired) electrons. The number of hydrogen-bond donors (Lipinski definition) is 0. The van der Waals surface area contributed by atoms with E-state index in [0.717, 1.165) is 35.5 Å². The van der Waals surface area contributed by atoms with Gasteiger partial charge in [0.2, 0.25) is 0 Å². The molecule has 0 N–H and O–H groups in total. The molecule has 0 aromatic rings. The Morgan fingerprint density at radius 3 is 1.46 bits per heavy atom. The van der Waals surface area contributed by atoms with Crippen molar-refractivity contribution < 1.29 is 0 Å². The SMILES string of the molecule is CC(C)C1CCC(C(C)C)C2CC12. The summed E-state index contributed by atoms with van der Waals surface area (Å²) < 4.78 is 0. The molecule has 4 unspecified atom stereocenters. The van der Waals surface area contributed by atoms with Crippen LogP contribution in [0.5, 0.6) is 0 Å². The molecular formula is C13H24. The van der Waals surface area contributed by atoms with Crippen LogP contribution in [0.15, 0.2) is 0 Å². The Balaban J connectivity index is 1.95. The maximum atomic E-state index is 2.41. The number of fused-ring (bicyclic) bond motifs is 1. The van der Waals surface area contributed by atoms with Crippen LogP contribution in [0.1, 0.15) is 47.0 Å². The Kier molecular flexibility index (Phi) is 2.42. The summed E-state index contributed by atoms with van der Waals surface area (Å²) in [6.45, 7) is 9.65. The van der Waals surface area contributed by atoms with Gasteiger partial charge in [0.25, 0.3) is 0 Å². The molecule has 0 amide bonds. The van der Waals surface area contributed by atoms with E-state index < -0.39 is 0 Å². The standard InChI is InChI=1S/C13H24/c1-8(2)10-5-6-11(9(3)4)13-7-12(10)13/h8-13H,5-7H2,1-4H3. The Labute approximate surface area is 83.1 Å². The fraction of sp³-hybridized carbons (Fsp3) is 1.00. The van der Waals surface area contributed by atoms with Crippen molar-refractivity contribution in [2.75, 3.05) is 0 Å². The van der Waals surface area contributed by atoms with E-state index in [9.17, 15) is 0 Å². The highest BCUT2D eigenvalue weighted by atomic mass is 14.6. The van der Waals surface area contributed by atoms with Gasteiger partial charge in [0, 0.05) is 0 Å².